The number of hydrogen-bond donors (Lipinski definition) is 4. The summed E-state index contributed by atoms with van der Waals surface area (Å²) in [4.78, 5) is 21.1. The summed E-state index contributed by atoms with van der Waals surface area (Å²) >= 11 is 0. The molecule has 0 saturated carbocycles. The van der Waals surface area contributed by atoms with Crippen molar-refractivity contribution in [3.63, 3.8) is 0 Å². The van der Waals surface area contributed by atoms with E-state index in [1.807, 2.05) is 6.92 Å². The van der Waals surface area contributed by atoms with E-state index in [9.17, 15) is 13.2 Å². The molecule has 0 bridgehead atoms. The van der Waals surface area contributed by atoms with Crippen LogP contribution in [0.25, 0.3) is 0 Å². The van der Waals surface area contributed by atoms with Crippen LogP contribution in [0.4, 0.5) is 17.3 Å². The van der Waals surface area contributed by atoms with Gasteiger partial charge in [-0.2, -0.15) is 0 Å². The zero-order valence-electron chi connectivity index (χ0n) is 17.2. The Hall–Kier alpha value is -2.72. The Morgan fingerprint density at radius 3 is 2.70 bits per heavy atom. The predicted octanol–water partition coefficient (Wildman–Crippen LogP) is 1.84. The van der Waals surface area contributed by atoms with Gasteiger partial charge in [-0.1, -0.05) is 19.4 Å². The molecule has 162 valence electrons. The third kappa shape index (κ3) is 5.45. The fraction of sp³-hybridized carbons (Fsp3) is 0.450. The van der Waals surface area contributed by atoms with Gasteiger partial charge < -0.3 is 21.7 Å². The van der Waals surface area contributed by atoms with Crippen molar-refractivity contribution in [1.82, 2.24) is 15.3 Å². The number of carbonyl (C=O) groups is 1. The van der Waals surface area contributed by atoms with Crippen LogP contribution in [-0.2, 0) is 16.3 Å². The van der Waals surface area contributed by atoms with Gasteiger partial charge in [-0.3, -0.25) is 4.79 Å². The number of carbonyl (C=O) groups excluding carboxylic acids is 1. The summed E-state index contributed by atoms with van der Waals surface area (Å²) < 4.78 is 23.7. The number of nitrogens with one attached hydrogen (secondary N) is 3. The van der Waals surface area contributed by atoms with Crippen LogP contribution in [0.1, 0.15) is 42.4 Å². The van der Waals surface area contributed by atoms with Crippen LogP contribution in [0.2, 0.25) is 0 Å². The molecule has 2 aromatic rings. The molecule has 0 radical (unpaired) electrons. The second-order valence-corrected chi connectivity index (χ2v) is 9.40. The Kier molecular flexibility index (Phi) is 6.88. The first-order valence-corrected chi connectivity index (χ1v) is 11.9. The van der Waals surface area contributed by atoms with Crippen molar-refractivity contribution >= 4 is 33.1 Å². The number of hydrogen-bond acceptors (Lipinski definition) is 8. The molecule has 0 unspecified atom stereocenters. The molecule has 2 heterocycles. The minimum Gasteiger partial charge on any atom is -0.367 e. The van der Waals surface area contributed by atoms with Gasteiger partial charge in [0.1, 0.15) is 5.82 Å². The van der Waals surface area contributed by atoms with Crippen molar-refractivity contribution in [2.45, 2.75) is 43.5 Å². The third-order valence-corrected chi connectivity index (χ3v) is 6.10. The second kappa shape index (κ2) is 9.40. The Balaban J connectivity index is 1.91. The maximum atomic E-state index is 12.0. The maximum Gasteiger partial charge on any atom is 0.271 e. The first kappa shape index (κ1) is 22.0. The Morgan fingerprint density at radius 1 is 1.27 bits per heavy atom. The van der Waals surface area contributed by atoms with E-state index in [2.05, 4.69) is 25.9 Å². The van der Waals surface area contributed by atoms with E-state index in [0.29, 0.717) is 36.2 Å². The van der Waals surface area contributed by atoms with E-state index in [4.69, 9.17) is 5.73 Å². The third-order valence-electron chi connectivity index (χ3n) is 4.99. The summed E-state index contributed by atoms with van der Waals surface area (Å²) in [6, 6.07) is 6.64. The molecule has 5 N–H and O–H groups in total. The lowest BCUT2D eigenvalue weighted by Crippen LogP contribution is -2.39. The molecular weight excluding hydrogens is 404 g/mol. The van der Waals surface area contributed by atoms with E-state index in [-0.39, 0.29) is 16.4 Å². The molecule has 1 aliphatic rings. The smallest absolute Gasteiger partial charge is 0.271 e. The molecule has 1 fully saturated rings. The Labute approximate surface area is 176 Å². The molecule has 0 spiro atoms. The summed E-state index contributed by atoms with van der Waals surface area (Å²) in [6.07, 6.45) is 5.18. The molecule has 0 aliphatic carbocycles. The Morgan fingerprint density at radius 2 is 2.07 bits per heavy atom. The van der Waals surface area contributed by atoms with Crippen LogP contribution in [-0.4, -0.2) is 49.7 Å². The van der Waals surface area contributed by atoms with Gasteiger partial charge in [0.05, 0.1) is 10.6 Å². The van der Waals surface area contributed by atoms with Gasteiger partial charge in [0.25, 0.3) is 5.91 Å². The van der Waals surface area contributed by atoms with E-state index in [1.54, 1.807) is 12.1 Å². The molecule has 30 heavy (non-hydrogen) atoms. The molecule has 10 heteroatoms. The van der Waals surface area contributed by atoms with Crippen LogP contribution in [0.15, 0.2) is 29.2 Å². The van der Waals surface area contributed by atoms with Crippen LogP contribution in [0.5, 0.6) is 0 Å². The molecule has 1 aromatic heterocycles. The fourth-order valence-corrected chi connectivity index (χ4v) is 4.04. The minimum absolute atomic E-state index is 0.0120. The molecule has 1 aliphatic heterocycles. The highest BCUT2D eigenvalue weighted by molar-refractivity contribution is 7.90. The summed E-state index contributed by atoms with van der Waals surface area (Å²) in [7, 11) is -3.37. The van der Waals surface area contributed by atoms with Crippen molar-refractivity contribution in [3.8, 4) is 0 Å². The summed E-state index contributed by atoms with van der Waals surface area (Å²) in [6.45, 7) is 3.63. The monoisotopic (exact) mass is 432 g/mol. The van der Waals surface area contributed by atoms with Crippen molar-refractivity contribution in [1.29, 1.82) is 0 Å². The number of rotatable bonds is 8. The molecule has 1 saturated heterocycles. The number of anilines is 3. The number of aryl methyl sites for hydroxylation is 1. The minimum atomic E-state index is -3.37. The summed E-state index contributed by atoms with van der Waals surface area (Å²) in [5, 5.41) is 9.81. The average molecular weight is 433 g/mol. The van der Waals surface area contributed by atoms with Gasteiger partial charge in [-0.05, 0) is 44.0 Å². The van der Waals surface area contributed by atoms with E-state index in [0.717, 1.165) is 19.2 Å². The second-order valence-electron chi connectivity index (χ2n) is 7.39. The van der Waals surface area contributed by atoms with Crippen LogP contribution >= 0.6 is 0 Å². The zero-order valence-corrected chi connectivity index (χ0v) is 18.1. The molecule has 3 rings (SSSR count). The first-order chi connectivity index (χ1) is 14.3. The van der Waals surface area contributed by atoms with Crippen LogP contribution < -0.4 is 21.7 Å². The number of piperidine rings is 1. The van der Waals surface area contributed by atoms with Crippen LogP contribution in [0, 0.1) is 0 Å². The number of benzene rings is 1. The number of nitrogens with zero attached hydrogens (tertiary/aromatic N) is 2. The first-order valence-electron chi connectivity index (χ1n) is 10.0. The molecule has 1 atom stereocenters. The highest BCUT2D eigenvalue weighted by Crippen LogP contribution is 2.24. The van der Waals surface area contributed by atoms with Gasteiger partial charge in [0.15, 0.2) is 21.3 Å². The molecule has 1 amide bonds. The van der Waals surface area contributed by atoms with Crippen molar-refractivity contribution in [2.75, 3.05) is 30.0 Å². The van der Waals surface area contributed by atoms with Gasteiger partial charge in [0.2, 0.25) is 0 Å². The van der Waals surface area contributed by atoms with E-state index < -0.39 is 15.7 Å². The quantitative estimate of drug-likeness (QED) is 0.495. The van der Waals surface area contributed by atoms with Gasteiger partial charge >= 0.3 is 0 Å². The number of nitrogens with two attached hydrogens (primary N) is 1. The van der Waals surface area contributed by atoms with E-state index in [1.165, 1.54) is 25.0 Å². The molecule has 1 aromatic carbocycles. The summed E-state index contributed by atoms with van der Waals surface area (Å²) in [5.74, 6) is 0.0561. The lowest BCUT2D eigenvalue weighted by atomic mass is 10.1. The van der Waals surface area contributed by atoms with Crippen molar-refractivity contribution in [2.24, 2.45) is 5.73 Å². The number of amides is 1. The predicted molar refractivity (Wildman–Crippen MR) is 117 cm³/mol. The average Bonchev–Trinajstić information content (AvgIpc) is 2.72. The van der Waals surface area contributed by atoms with Gasteiger partial charge in [0, 0.05) is 24.5 Å². The topological polar surface area (TPSA) is 139 Å². The highest BCUT2D eigenvalue weighted by atomic mass is 32.2. The molecular formula is C20H28N6O3S. The normalized spacial score (nSPS) is 16.8. The highest BCUT2D eigenvalue weighted by Gasteiger charge is 2.19. The molecule has 9 nitrogen and oxygen atoms in total. The van der Waals surface area contributed by atoms with Crippen molar-refractivity contribution < 1.29 is 13.2 Å². The van der Waals surface area contributed by atoms with Crippen molar-refractivity contribution in [3.05, 3.63) is 35.7 Å². The van der Waals surface area contributed by atoms with Crippen LogP contribution in [0.3, 0.4) is 0 Å². The Bertz CT molecular complexity index is 1020. The number of primary amides is 1. The standard InChI is InChI=1S/C20H28N6O3S/c1-3-16-19(23-12-14-7-4-5-10-22-14)26-20(17(25-16)18(21)27)24-13-8-6-9-15(11-13)30(2,28)29/h6,8-9,11,14,22H,3-5,7,10,12H2,1-2H3,(H2,21,27)(H2,23,24,26)/t14-/m0/s1. The van der Waals surface area contributed by atoms with Gasteiger partial charge in [-0.25, -0.2) is 18.4 Å². The maximum absolute atomic E-state index is 12.0. The lowest BCUT2D eigenvalue weighted by molar-refractivity contribution is 0.0996. The van der Waals surface area contributed by atoms with Gasteiger partial charge in [-0.15, -0.1) is 0 Å². The fourth-order valence-electron chi connectivity index (χ4n) is 3.38. The van der Waals surface area contributed by atoms with E-state index >= 15 is 0 Å². The number of aromatic nitrogens is 2. The SMILES string of the molecule is CCc1nc(C(N)=O)c(Nc2cccc(S(C)(=O)=O)c2)nc1NC[C@@H]1CCCCN1. The number of sulfone groups is 1. The lowest BCUT2D eigenvalue weighted by Gasteiger charge is -2.24. The largest absolute Gasteiger partial charge is 0.367 e. The zero-order chi connectivity index (χ0) is 21.7. The summed E-state index contributed by atoms with van der Waals surface area (Å²) in [5.41, 5.74) is 6.66.